The standard InChI is InChI=1S/C30H43N3O4/c1-4-6-16-32(17-7-5-2)28(34)21-33-20-25(22-10-13-27-23(19-22)14-18-37-27)29(30(35)36)26(33)12-11-24-9-8-15-31(24)3/h8-10,13,15,19,25-26,29H,4-7,11-12,14,16-18,20-21H2,1-3H3,(H,35,36)/t25-,26+,29?/m1/s1. The highest BCUT2D eigenvalue weighted by molar-refractivity contribution is 5.79. The summed E-state index contributed by atoms with van der Waals surface area (Å²) in [5.74, 6) is -0.466. The predicted octanol–water partition coefficient (Wildman–Crippen LogP) is 4.49. The maximum absolute atomic E-state index is 13.5. The Morgan fingerprint density at radius 3 is 2.54 bits per heavy atom. The molecule has 1 aromatic heterocycles. The molecule has 2 aliphatic rings. The highest BCUT2D eigenvalue weighted by Crippen LogP contribution is 2.41. The van der Waals surface area contributed by atoms with E-state index in [1.54, 1.807) is 0 Å². The molecule has 3 atom stereocenters. The third kappa shape index (κ3) is 6.38. The van der Waals surface area contributed by atoms with Crippen LogP contribution in [0.15, 0.2) is 36.5 Å². The predicted molar refractivity (Wildman–Crippen MR) is 145 cm³/mol. The minimum Gasteiger partial charge on any atom is -0.493 e. The number of aryl methyl sites for hydroxylation is 2. The molecule has 0 spiro atoms. The number of carbonyl (C=O) groups is 2. The summed E-state index contributed by atoms with van der Waals surface area (Å²) in [4.78, 5) is 30.5. The van der Waals surface area contributed by atoms with Crippen molar-refractivity contribution in [1.82, 2.24) is 14.4 Å². The number of aliphatic carboxylic acids is 1. The fourth-order valence-corrected chi connectivity index (χ4v) is 6.01. The molecule has 0 bridgehead atoms. The maximum Gasteiger partial charge on any atom is 0.308 e. The van der Waals surface area contributed by atoms with Crippen LogP contribution in [0.3, 0.4) is 0 Å². The van der Waals surface area contributed by atoms with Crippen molar-refractivity contribution in [3.8, 4) is 5.75 Å². The van der Waals surface area contributed by atoms with Gasteiger partial charge >= 0.3 is 5.97 Å². The minimum absolute atomic E-state index is 0.123. The van der Waals surface area contributed by atoms with Gasteiger partial charge in [-0.05, 0) is 55.0 Å². The Kier molecular flexibility index (Phi) is 9.30. The second kappa shape index (κ2) is 12.6. The van der Waals surface area contributed by atoms with Crippen molar-refractivity contribution in [2.75, 3.05) is 32.8 Å². The number of fused-ring (bicyclic) bond motifs is 1. The average Bonchev–Trinajstić information content (AvgIpc) is 3.60. The molecule has 0 radical (unpaired) electrons. The number of nitrogens with zero attached hydrogens (tertiary/aromatic N) is 3. The summed E-state index contributed by atoms with van der Waals surface area (Å²) < 4.78 is 7.78. The lowest BCUT2D eigenvalue weighted by Crippen LogP contribution is -2.44. The Labute approximate surface area is 221 Å². The highest BCUT2D eigenvalue weighted by atomic mass is 16.5. The van der Waals surface area contributed by atoms with Gasteiger partial charge in [-0.1, -0.05) is 38.8 Å². The number of carbonyl (C=O) groups excluding carboxylic acids is 1. The summed E-state index contributed by atoms with van der Waals surface area (Å²) in [6.07, 6.45) is 8.44. The maximum atomic E-state index is 13.5. The lowest BCUT2D eigenvalue weighted by Gasteiger charge is -2.30. The number of amides is 1. The van der Waals surface area contributed by atoms with Gasteiger partial charge in [0.2, 0.25) is 5.91 Å². The highest BCUT2D eigenvalue weighted by Gasteiger charge is 2.47. The van der Waals surface area contributed by atoms with Crippen molar-refractivity contribution in [1.29, 1.82) is 0 Å². The van der Waals surface area contributed by atoms with Gasteiger partial charge in [-0.25, -0.2) is 0 Å². The summed E-state index contributed by atoms with van der Waals surface area (Å²) in [7, 11) is 2.02. The van der Waals surface area contributed by atoms with Crippen molar-refractivity contribution < 1.29 is 19.4 Å². The molecule has 1 unspecified atom stereocenters. The van der Waals surface area contributed by atoms with Crippen LogP contribution in [0.2, 0.25) is 0 Å². The van der Waals surface area contributed by atoms with E-state index in [9.17, 15) is 14.7 Å². The average molecular weight is 510 g/mol. The van der Waals surface area contributed by atoms with Crippen LogP contribution in [0.25, 0.3) is 0 Å². The lowest BCUT2D eigenvalue weighted by molar-refractivity contribution is -0.143. The first kappa shape index (κ1) is 27.2. The molecular weight excluding hydrogens is 466 g/mol. The zero-order valence-electron chi connectivity index (χ0n) is 22.7. The molecule has 1 fully saturated rings. The molecule has 37 heavy (non-hydrogen) atoms. The van der Waals surface area contributed by atoms with E-state index in [1.807, 2.05) is 36.3 Å². The second-order valence-electron chi connectivity index (χ2n) is 10.7. The zero-order chi connectivity index (χ0) is 26.4. The first-order valence-corrected chi connectivity index (χ1v) is 14.0. The summed E-state index contributed by atoms with van der Waals surface area (Å²) in [6.45, 7) is 7.37. The fraction of sp³-hybridized carbons (Fsp3) is 0.600. The third-order valence-corrected chi connectivity index (χ3v) is 8.18. The monoisotopic (exact) mass is 509 g/mol. The largest absolute Gasteiger partial charge is 0.493 e. The number of likely N-dealkylation sites (tertiary alicyclic amines) is 1. The van der Waals surface area contributed by atoms with E-state index in [-0.39, 0.29) is 24.4 Å². The van der Waals surface area contributed by atoms with Crippen LogP contribution < -0.4 is 4.74 Å². The van der Waals surface area contributed by atoms with E-state index in [0.717, 1.165) is 68.5 Å². The number of benzene rings is 1. The van der Waals surface area contributed by atoms with Crippen LogP contribution in [0, 0.1) is 5.92 Å². The summed E-state index contributed by atoms with van der Waals surface area (Å²) in [5.41, 5.74) is 3.38. The van der Waals surface area contributed by atoms with E-state index < -0.39 is 11.9 Å². The van der Waals surface area contributed by atoms with Crippen LogP contribution in [0.1, 0.15) is 68.7 Å². The Morgan fingerprint density at radius 2 is 1.89 bits per heavy atom. The Hall–Kier alpha value is -2.80. The minimum atomic E-state index is -0.776. The molecule has 7 heteroatoms. The topological polar surface area (TPSA) is 75.0 Å². The molecule has 1 amide bonds. The van der Waals surface area contributed by atoms with E-state index in [4.69, 9.17) is 4.74 Å². The van der Waals surface area contributed by atoms with Gasteiger partial charge in [0.05, 0.1) is 19.1 Å². The van der Waals surface area contributed by atoms with Gasteiger partial charge in [0.25, 0.3) is 0 Å². The van der Waals surface area contributed by atoms with E-state index >= 15 is 0 Å². The van der Waals surface area contributed by atoms with Gasteiger partial charge in [0, 0.05) is 57.0 Å². The van der Waals surface area contributed by atoms with Crippen molar-refractivity contribution in [2.24, 2.45) is 13.0 Å². The van der Waals surface area contributed by atoms with Gasteiger partial charge in [0.1, 0.15) is 5.75 Å². The number of carboxylic acids is 1. The molecular formula is C30H43N3O4. The third-order valence-electron chi connectivity index (χ3n) is 8.18. The van der Waals surface area contributed by atoms with Gasteiger partial charge in [-0.3, -0.25) is 14.5 Å². The molecule has 3 heterocycles. The first-order valence-electron chi connectivity index (χ1n) is 14.0. The van der Waals surface area contributed by atoms with Crippen LogP contribution in [-0.4, -0.2) is 70.2 Å². The van der Waals surface area contributed by atoms with Crippen LogP contribution >= 0.6 is 0 Å². The van der Waals surface area contributed by atoms with E-state index in [2.05, 4.69) is 35.4 Å². The smallest absolute Gasteiger partial charge is 0.308 e. The van der Waals surface area contributed by atoms with Gasteiger partial charge in [-0.15, -0.1) is 0 Å². The lowest BCUT2D eigenvalue weighted by atomic mass is 9.83. The van der Waals surface area contributed by atoms with Gasteiger partial charge < -0.3 is 19.3 Å². The SMILES string of the molecule is CCCCN(CCCC)C(=O)CN1C[C@H](c2ccc3c(c2)CCO3)C(C(=O)O)[C@@H]1CCc1cccn1C. The molecule has 0 aliphatic carbocycles. The second-order valence-corrected chi connectivity index (χ2v) is 10.7. The summed E-state index contributed by atoms with van der Waals surface area (Å²) in [5, 5.41) is 10.5. The van der Waals surface area contributed by atoms with Crippen LogP contribution in [0.5, 0.6) is 5.75 Å². The Balaban J connectivity index is 1.59. The van der Waals surface area contributed by atoms with Crippen molar-refractivity contribution in [3.05, 3.63) is 53.3 Å². The molecule has 4 rings (SSSR count). The first-order chi connectivity index (χ1) is 17.9. The molecule has 1 aromatic carbocycles. The summed E-state index contributed by atoms with van der Waals surface area (Å²) >= 11 is 0. The van der Waals surface area contributed by atoms with E-state index in [1.165, 1.54) is 5.69 Å². The number of hydrogen-bond acceptors (Lipinski definition) is 4. The van der Waals surface area contributed by atoms with Crippen LogP contribution in [-0.2, 0) is 29.5 Å². The molecule has 0 saturated carbocycles. The molecule has 1 N–H and O–H groups in total. The zero-order valence-corrected chi connectivity index (χ0v) is 22.7. The summed E-state index contributed by atoms with van der Waals surface area (Å²) in [6, 6.07) is 10.1. The Bertz CT molecular complexity index is 1060. The van der Waals surface area contributed by atoms with Crippen molar-refractivity contribution in [3.63, 3.8) is 0 Å². The van der Waals surface area contributed by atoms with Crippen molar-refractivity contribution in [2.45, 2.75) is 70.8 Å². The molecule has 202 valence electrons. The number of carboxylic acid groups (broad SMARTS) is 1. The number of ether oxygens (including phenoxy) is 1. The van der Waals surface area contributed by atoms with Crippen LogP contribution in [0.4, 0.5) is 0 Å². The molecule has 2 aromatic rings. The van der Waals surface area contributed by atoms with Crippen molar-refractivity contribution >= 4 is 11.9 Å². The van der Waals surface area contributed by atoms with E-state index in [0.29, 0.717) is 19.6 Å². The fourth-order valence-electron chi connectivity index (χ4n) is 6.01. The molecule has 1 saturated heterocycles. The quantitative estimate of drug-likeness (QED) is 0.431. The number of rotatable bonds is 13. The number of hydrogen-bond donors (Lipinski definition) is 1. The van der Waals surface area contributed by atoms with Gasteiger partial charge in [0.15, 0.2) is 0 Å². The van der Waals surface area contributed by atoms with Gasteiger partial charge in [-0.2, -0.15) is 0 Å². The number of unbranched alkanes of at least 4 members (excludes halogenated alkanes) is 2. The molecule has 7 nitrogen and oxygen atoms in total. The normalized spacial score (nSPS) is 21.1. The molecule has 2 aliphatic heterocycles. The number of aromatic nitrogens is 1. The Morgan fingerprint density at radius 1 is 1.14 bits per heavy atom.